The standard InChI is InChI=1S/C20H17ClN4OS/c1-12-19(27-25-24-12)20(26)23-11-15(13-6-2-4-8-17(13)21)16-10-22-18-9-5-3-7-14(16)18/h2-10,15,22H,11H2,1H3,(H,23,26)/t15-/m0/s1. The first-order valence-electron chi connectivity index (χ1n) is 8.52. The van der Waals surface area contributed by atoms with Gasteiger partial charge in [-0.3, -0.25) is 4.79 Å². The number of aromatic nitrogens is 3. The number of H-pyrrole nitrogens is 1. The zero-order valence-corrected chi connectivity index (χ0v) is 16.1. The van der Waals surface area contributed by atoms with Gasteiger partial charge in [-0.05, 0) is 41.7 Å². The molecule has 0 aliphatic rings. The van der Waals surface area contributed by atoms with Gasteiger partial charge in [-0.15, -0.1) is 5.10 Å². The lowest BCUT2D eigenvalue weighted by molar-refractivity contribution is 0.0955. The molecule has 0 aliphatic heterocycles. The second-order valence-electron chi connectivity index (χ2n) is 6.26. The van der Waals surface area contributed by atoms with Crippen LogP contribution in [0.2, 0.25) is 5.02 Å². The second kappa shape index (κ2) is 7.50. The first-order valence-corrected chi connectivity index (χ1v) is 9.68. The average Bonchev–Trinajstić information content (AvgIpc) is 3.30. The number of rotatable bonds is 5. The zero-order chi connectivity index (χ0) is 18.8. The van der Waals surface area contributed by atoms with Crippen LogP contribution in [0.15, 0.2) is 54.7 Å². The molecule has 2 N–H and O–H groups in total. The van der Waals surface area contributed by atoms with Crippen molar-refractivity contribution in [2.24, 2.45) is 0 Å². The minimum atomic E-state index is -0.167. The molecule has 1 atom stereocenters. The normalized spacial score (nSPS) is 12.2. The predicted molar refractivity (Wildman–Crippen MR) is 109 cm³/mol. The molecule has 0 radical (unpaired) electrons. The highest BCUT2D eigenvalue weighted by molar-refractivity contribution is 7.08. The largest absolute Gasteiger partial charge is 0.361 e. The van der Waals surface area contributed by atoms with Gasteiger partial charge in [-0.1, -0.05) is 52.5 Å². The van der Waals surface area contributed by atoms with E-state index in [1.54, 1.807) is 6.92 Å². The highest BCUT2D eigenvalue weighted by Crippen LogP contribution is 2.34. The maximum absolute atomic E-state index is 12.6. The molecule has 1 amide bonds. The molecule has 136 valence electrons. The van der Waals surface area contributed by atoms with Crippen molar-refractivity contribution in [3.8, 4) is 0 Å². The SMILES string of the molecule is Cc1nnsc1C(=O)NC[C@@H](c1ccccc1Cl)c1c[nH]c2ccccc12. The number of hydrogen-bond donors (Lipinski definition) is 2. The Morgan fingerprint density at radius 3 is 2.74 bits per heavy atom. The number of aryl methyl sites for hydroxylation is 1. The topological polar surface area (TPSA) is 70.7 Å². The summed E-state index contributed by atoms with van der Waals surface area (Å²) in [5.41, 5.74) is 3.76. The van der Waals surface area contributed by atoms with E-state index in [-0.39, 0.29) is 11.8 Å². The van der Waals surface area contributed by atoms with Crippen LogP contribution in [0.1, 0.15) is 32.4 Å². The molecule has 0 unspecified atom stereocenters. The molecule has 0 spiro atoms. The number of nitrogens with one attached hydrogen (secondary N) is 2. The summed E-state index contributed by atoms with van der Waals surface area (Å²) in [6.07, 6.45) is 1.99. The number of amides is 1. The average molecular weight is 397 g/mol. The third-order valence-corrected chi connectivity index (χ3v) is 5.77. The highest BCUT2D eigenvalue weighted by atomic mass is 35.5. The van der Waals surface area contributed by atoms with Gasteiger partial charge in [0.2, 0.25) is 0 Å². The Balaban J connectivity index is 1.70. The first kappa shape index (κ1) is 17.7. The summed E-state index contributed by atoms with van der Waals surface area (Å²) in [4.78, 5) is 16.4. The summed E-state index contributed by atoms with van der Waals surface area (Å²) in [5.74, 6) is -0.251. The van der Waals surface area contributed by atoms with Gasteiger partial charge in [0.1, 0.15) is 4.88 Å². The van der Waals surface area contributed by atoms with Crippen molar-refractivity contribution in [3.63, 3.8) is 0 Å². The molecule has 2 heterocycles. The molecule has 2 aromatic carbocycles. The summed E-state index contributed by atoms with van der Waals surface area (Å²) in [6.45, 7) is 2.20. The van der Waals surface area contributed by atoms with Crippen LogP contribution in [0.25, 0.3) is 10.9 Å². The third kappa shape index (κ3) is 3.46. The van der Waals surface area contributed by atoms with Gasteiger partial charge in [0.25, 0.3) is 5.91 Å². The van der Waals surface area contributed by atoms with Crippen LogP contribution >= 0.6 is 23.1 Å². The van der Waals surface area contributed by atoms with Crippen molar-refractivity contribution in [2.75, 3.05) is 6.54 Å². The smallest absolute Gasteiger partial charge is 0.264 e. The number of carbonyl (C=O) groups excluding carboxylic acids is 1. The number of para-hydroxylation sites is 1. The Bertz CT molecular complexity index is 1100. The molecule has 5 nitrogen and oxygen atoms in total. The van der Waals surface area contributed by atoms with Crippen LogP contribution < -0.4 is 5.32 Å². The quantitative estimate of drug-likeness (QED) is 0.520. The van der Waals surface area contributed by atoms with E-state index in [0.717, 1.165) is 33.6 Å². The molecule has 2 aromatic heterocycles. The maximum Gasteiger partial charge on any atom is 0.264 e. The van der Waals surface area contributed by atoms with Crippen LogP contribution in [-0.4, -0.2) is 27.0 Å². The zero-order valence-electron chi connectivity index (χ0n) is 14.6. The van der Waals surface area contributed by atoms with Crippen LogP contribution in [-0.2, 0) is 0 Å². The fourth-order valence-corrected chi connectivity index (χ4v) is 4.08. The summed E-state index contributed by atoms with van der Waals surface area (Å²) in [6, 6.07) is 15.9. The maximum atomic E-state index is 12.6. The summed E-state index contributed by atoms with van der Waals surface area (Å²) in [5, 5.41) is 8.73. The molecule has 27 heavy (non-hydrogen) atoms. The van der Waals surface area contributed by atoms with Crippen LogP contribution in [0.4, 0.5) is 0 Å². The molecule has 7 heteroatoms. The molecule has 0 fully saturated rings. The van der Waals surface area contributed by atoms with Gasteiger partial charge >= 0.3 is 0 Å². The van der Waals surface area contributed by atoms with E-state index < -0.39 is 0 Å². The molecule has 0 aliphatic carbocycles. The van der Waals surface area contributed by atoms with Crippen molar-refractivity contribution in [1.29, 1.82) is 0 Å². The number of aromatic amines is 1. The van der Waals surface area contributed by atoms with Gasteiger partial charge in [0, 0.05) is 34.6 Å². The number of hydrogen-bond acceptors (Lipinski definition) is 4. The Morgan fingerprint density at radius 2 is 1.96 bits per heavy atom. The Labute approximate surface area is 165 Å². The van der Waals surface area contributed by atoms with Crippen molar-refractivity contribution in [1.82, 2.24) is 19.9 Å². The number of fused-ring (bicyclic) bond motifs is 1. The fourth-order valence-electron chi connectivity index (χ4n) is 3.24. The Morgan fingerprint density at radius 1 is 1.19 bits per heavy atom. The van der Waals surface area contributed by atoms with Gasteiger partial charge in [-0.25, -0.2) is 0 Å². The number of nitrogens with zero attached hydrogens (tertiary/aromatic N) is 2. The molecule has 0 saturated carbocycles. The summed E-state index contributed by atoms with van der Waals surface area (Å²) < 4.78 is 3.84. The molecule has 0 bridgehead atoms. The number of benzene rings is 2. The van der Waals surface area contributed by atoms with Crippen LogP contribution in [0.5, 0.6) is 0 Å². The van der Waals surface area contributed by atoms with E-state index in [9.17, 15) is 4.79 Å². The monoisotopic (exact) mass is 396 g/mol. The molecule has 0 saturated heterocycles. The number of carbonyl (C=O) groups is 1. The van der Waals surface area contributed by atoms with E-state index in [4.69, 9.17) is 11.6 Å². The minimum Gasteiger partial charge on any atom is -0.361 e. The fraction of sp³-hybridized carbons (Fsp3) is 0.150. The van der Waals surface area contributed by atoms with E-state index >= 15 is 0 Å². The van der Waals surface area contributed by atoms with E-state index in [0.29, 0.717) is 22.1 Å². The summed E-state index contributed by atoms with van der Waals surface area (Å²) >= 11 is 7.59. The lowest BCUT2D eigenvalue weighted by atomic mass is 9.90. The minimum absolute atomic E-state index is 0.0833. The highest BCUT2D eigenvalue weighted by Gasteiger charge is 2.22. The van der Waals surface area contributed by atoms with Gasteiger partial charge in [-0.2, -0.15) is 0 Å². The van der Waals surface area contributed by atoms with E-state index in [2.05, 4.69) is 26.0 Å². The lowest BCUT2D eigenvalue weighted by Crippen LogP contribution is -2.29. The predicted octanol–water partition coefficient (Wildman–Crippen LogP) is 4.54. The van der Waals surface area contributed by atoms with Crippen LogP contribution in [0.3, 0.4) is 0 Å². The van der Waals surface area contributed by atoms with E-state index in [1.807, 2.05) is 48.7 Å². The van der Waals surface area contributed by atoms with Gasteiger partial charge < -0.3 is 10.3 Å². The third-order valence-electron chi connectivity index (χ3n) is 4.60. The Hall–Kier alpha value is -2.70. The summed E-state index contributed by atoms with van der Waals surface area (Å²) in [7, 11) is 0. The molecular formula is C20H17ClN4OS. The Kier molecular flexibility index (Phi) is 4.92. The van der Waals surface area contributed by atoms with E-state index in [1.165, 1.54) is 0 Å². The van der Waals surface area contributed by atoms with Crippen molar-refractivity contribution in [3.05, 3.63) is 81.4 Å². The van der Waals surface area contributed by atoms with Crippen molar-refractivity contribution < 1.29 is 4.79 Å². The van der Waals surface area contributed by atoms with Crippen molar-refractivity contribution >= 4 is 39.9 Å². The number of halogens is 1. The molecule has 4 aromatic rings. The molecule has 4 rings (SSSR count). The second-order valence-corrected chi connectivity index (χ2v) is 7.42. The lowest BCUT2D eigenvalue weighted by Gasteiger charge is -2.19. The van der Waals surface area contributed by atoms with Gasteiger partial charge in [0.15, 0.2) is 0 Å². The molecular weight excluding hydrogens is 380 g/mol. The van der Waals surface area contributed by atoms with Gasteiger partial charge in [0.05, 0.1) is 5.69 Å². The first-order chi connectivity index (χ1) is 13.1. The van der Waals surface area contributed by atoms with Crippen molar-refractivity contribution in [2.45, 2.75) is 12.8 Å². The van der Waals surface area contributed by atoms with Crippen LogP contribution in [0, 0.1) is 6.92 Å².